The quantitative estimate of drug-likeness (QED) is 0.298. The summed E-state index contributed by atoms with van der Waals surface area (Å²) in [7, 11) is 0. The second kappa shape index (κ2) is 13.7. The van der Waals surface area contributed by atoms with Crippen molar-refractivity contribution in [3.05, 3.63) is 94.3 Å². The van der Waals surface area contributed by atoms with E-state index in [2.05, 4.69) is 16.8 Å². The van der Waals surface area contributed by atoms with E-state index in [-0.39, 0.29) is 19.8 Å². The van der Waals surface area contributed by atoms with E-state index < -0.39 is 11.6 Å². The van der Waals surface area contributed by atoms with E-state index in [0.717, 1.165) is 61.9 Å². The first-order chi connectivity index (χ1) is 17.5. The maximum Gasteiger partial charge on any atom is 0.253 e. The molecule has 4 rings (SSSR count). The Hall–Kier alpha value is -3.32. The number of aromatic nitrogens is 1. The SMILES string of the molecule is CCCCO.N=Cc1cc(C(=O)NCc2ccc(F)c(F)c2)c(C2CCCC2)n1Cc1ccccc1.[HH]. The molecule has 0 aliphatic heterocycles. The predicted molar refractivity (Wildman–Crippen MR) is 141 cm³/mol. The Bertz CT molecular complexity index is 1140. The monoisotopic (exact) mass is 497 g/mol. The summed E-state index contributed by atoms with van der Waals surface area (Å²) in [4.78, 5) is 13.1. The Balaban J connectivity index is 0.000000734. The molecular weight excluding hydrogens is 460 g/mol. The van der Waals surface area contributed by atoms with Gasteiger partial charge in [0, 0.05) is 38.9 Å². The van der Waals surface area contributed by atoms with Gasteiger partial charge in [0.15, 0.2) is 11.6 Å². The van der Waals surface area contributed by atoms with Crippen molar-refractivity contribution in [2.45, 2.75) is 64.5 Å². The van der Waals surface area contributed by atoms with Crippen LogP contribution in [-0.4, -0.2) is 28.4 Å². The van der Waals surface area contributed by atoms with Crippen molar-refractivity contribution in [1.82, 2.24) is 9.88 Å². The fraction of sp³-hybridized carbons (Fsp3) is 0.379. The number of hydrogen-bond donors (Lipinski definition) is 3. The molecule has 1 heterocycles. The molecule has 3 aromatic rings. The molecule has 1 aliphatic rings. The summed E-state index contributed by atoms with van der Waals surface area (Å²) in [5.74, 6) is -1.84. The molecule has 0 spiro atoms. The van der Waals surface area contributed by atoms with Crippen LogP contribution in [0, 0.1) is 17.0 Å². The van der Waals surface area contributed by atoms with Gasteiger partial charge in [-0.05, 0) is 48.6 Å². The minimum absolute atomic E-state index is 0. The fourth-order valence-electron chi connectivity index (χ4n) is 4.55. The molecule has 194 valence electrons. The molecule has 0 atom stereocenters. The average molecular weight is 498 g/mol. The summed E-state index contributed by atoms with van der Waals surface area (Å²) in [6, 6.07) is 15.4. The van der Waals surface area contributed by atoms with Crippen molar-refractivity contribution in [2.75, 3.05) is 6.61 Å². The van der Waals surface area contributed by atoms with Crippen molar-refractivity contribution in [3.63, 3.8) is 0 Å². The highest BCUT2D eigenvalue weighted by atomic mass is 19.2. The molecule has 1 amide bonds. The van der Waals surface area contributed by atoms with E-state index in [4.69, 9.17) is 10.5 Å². The lowest BCUT2D eigenvalue weighted by Gasteiger charge is -2.18. The average Bonchev–Trinajstić information content (AvgIpc) is 3.54. The number of nitrogens with one attached hydrogen (secondary N) is 2. The molecule has 5 nitrogen and oxygen atoms in total. The van der Waals surface area contributed by atoms with Crippen LogP contribution in [0.2, 0.25) is 0 Å². The summed E-state index contributed by atoms with van der Waals surface area (Å²) in [5, 5.41) is 18.8. The van der Waals surface area contributed by atoms with Gasteiger partial charge >= 0.3 is 0 Å². The molecule has 36 heavy (non-hydrogen) atoms. The van der Waals surface area contributed by atoms with Gasteiger partial charge in [-0.3, -0.25) is 4.79 Å². The van der Waals surface area contributed by atoms with Gasteiger partial charge in [-0.1, -0.05) is 62.6 Å². The molecular formula is C29H37F2N3O2. The summed E-state index contributed by atoms with van der Waals surface area (Å²) < 4.78 is 28.7. The number of rotatable bonds is 9. The molecule has 7 heteroatoms. The van der Waals surface area contributed by atoms with Crippen molar-refractivity contribution < 1.29 is 20.1 Å². The topological polar surface area (TPSA) is 78.1 Å². The second-order valence-corrected chi connectivity index (χ2v) is 9.07. The Morgan fingerprint density at radius 1 is 1.11 bits per heavy atom. The van der Waals surface area contributed by atoms with E-state index in [1.165, 1.54) is 12.3 Å². The number of halogens is 2. The number of hydrogen-bond acceptors (Lipinski definition) is 3. The lowest BCUT2D eigenvalue weighted by atomic mass is 9.99. The molecule has 1 fully saturated rings. The third-order valence-electron chi connectivity index (χ3n) is 6.44. The molecule has 1 aliphatic carbocycles. The third-order valence-corrected chi connectivity index (χ3v) is 6.44. The zero-order valence-electron chi connectivity index (χ0n) is 20.8. The van der Waals surface area contributed by atoms with Gasteiger partial charge in [-0.2, -0.15) is 0 Å². The van der Waals surface area contributed by atoms with Crippen LogP contribution < -0.4 is 5.32 Å². The second-order valence-electron chi connectivity index (χ2n) is 9.07. The van der Waals surface area contributed by atoms with Crippen molar-refractivity contribution in [1.29, 1.82) is 5.41 Å². The zero-order valence-corrected chi connectivity index (χ0v) is 20.8. The Labute approximate surface area is 213 Å². The molecule has 0 radical (unpaired) electrons. The van der Waals surface area contributed by atoms with Crippen LogP contribution in [0.3, 0.4) is 0 Å². The maximum atomic E-state index is 13.5. The van der Waals surface area contributed by atoms with Crippen LogP contribution in [0.15, 0.2) is 54.6 Å². The van der Waals surface area contributed by atoms with Gasteiger partial charge < -0.3 is 20.4 Å². The molecule has 1 aromatic heterocycles. The summed E-state index contributed by atoms with van der Waals surface area (Å²) in [6.45, 7) is 3.09. The maximum absolute atomic E-state index is 13.5. The predicted octanol–water partition coefficient (Wildman–Crippen LogP) is 6.42. The number of aliphatic hydroxyl groups is 1. The minimum atomic E-state index is -0.932. The number of benzene rings is 2. The van der Waals surface area contributed by atoms with E-state index in [1.54, 1.807) is 6.07 Å². The lowest BCUT2D eigenvalue weighted by Crippen LogP contribution is -2.24. The van der Waals surface area contributed by atoms with Gasteiger partial charge in [0.25, 0.3) is 5.91 Å². The fourth-order valence-corrected chi connectivity index (χ4v) is 4.55. The Kier molecular flexibility index (Phi) is 10.4. The first-order valence-electron chi connectivity index (χ1n) is 12.6. The van der Waals surface area contributed by atoms with Gasteiger partial charge in [0.1, 0.15) is 0 Å². The van der Waals surface area contributed by atoms with E-state index in [0.29, 0.717) is 30.0 Å². The number of amides is 1. The minimum Gasteiger partial charge on any atom is -0.396 e. The molecule has 0 bridgehead atoms. The van der Waals surface area contributed by atoms with Gasteiger partial charge in [0.05, 0.1) is 11.3 Å². The molecule has 3 N–H and O–H groups in total. The van der Waals surface area contributed by atoms with Crippen molar-refractivity contribution in [3.8, 4) is 0 Å². The zero-order chi connectivity index (χ0) is 25.9. The Morgan fingerprint density at radius 2 is 1.83 bits per heavy atom. The summed E-state index contributed by atoms with van der Waals surface area (Å²) >= 11 is 0. The highest BCUT2D eigenvalue weighted by molar-refractivity contribution is 5.97. The highest BCUT2D eigenvalue weighted by Gasteiger charge is 2.28. The molecule has 0 unspecified atom stereocenters. The van der Waals surface area contributed by atoms with E-state index in [1.807, 2.05) is 30.3 Å². The number of nitrogens with zero attached hydrogens (tertiary/aromatic N) is 1. The largest absolute Gasteiger partial charge is 0.396 e. The first kappa shape index (κ1) is 27.3. The normalized spacial score (nSPS) is 13.2. The highest BCUT2D eigenvalue weighted by Crippen LogP contribution is 2.37. The smallest absolute Gasteiger partial charge is 0.253 e. The van der Waals surface area contributed by atoms with Crippen LogP contribution in [0.25, 0.3) is 0 Å². The van der Waals surface area contributed by atoms with Crippen molar-refractivity contribution in [2.24, 2.45) is 0 Å². The van der Waals surface area contributed by atoms with Crippen LogP contribution >= 0.6 is 0 Å². The van der Waals surface area contributed by atoms with Crippen LogP contribution in [0.1, 0.15) is 85.7 Å². The number of unbranched alkanes of at least 4 members (excludes halogenated alkanes) is 1. The summed E-state index contributed by atoms with van der Waals surface area (Å²) in [5.41, 5.74) is 3.80. The summed E-state index contributed by atoms with van der Waals surface area (Å²) in [6.07, 6.45) is 7.59. The molecule has 0 saturated heterocycles. The van der Waals surface area contributed by atoms with Gasteiger partial charge in [-0.25, -0.2) is 8.78 Å². The van der Waals surface area contributed by atoms with E-state index in [9.17, 15) is 13.6 Å². The van der Waals surface area contributed by atoms with Gasteiger partial charge in [0.2, 0.25) is 0 Å². The van der Waals surface area contributed by atoms with Gasteiger partial charge in [-0.15, -0.1) is 0 Å². The van der Waals surface area contributed by atoms with E-state index >= 15 is 0 Å². The lowest BCUT2D eigenvalue weighted by molar-refractivity contribution is 0.0949. The molecule has 2 aromatic carbocycles. The van der Waals surface area contributed by atoms with Crippen molar-refractivity contribution >= 4 is 12.1 Å². The Morgan fingerprint density at radius 3 is 2.42 bits per heavy atom. The number of carbonyl (C=O) groups excluding carboxylic acids is 1. The standard InChI is InChI=1S/C25H25F2N3O.C4H10O.H2/c26-22-11-10-18(12-23(22)27)15-29-25(31)21-13-20(14-28)30(16-17-6-2-1-3-7-17)24(21)19-8-4-5-9-19;1-2-3-4-5;/h1-3,6-7,10-14,19,28H,4-5,8-9,15-16H2,(H,29,31);5H,2-4H2,1H3;1H. The number of aliphatic hydroxyl groups excluding tert-OH is 1. The number of carbonyl (C=O) groups is 1. The van der Waals surface area contributed by atoms with Crippen LogP contribution in [-0.2, 0) is 13.1 Å². The van der Waals surface area contributed by atoms with Crippen LogP contribution in [0.5, 0.6) is 0 Å². The third kappa shape index (κ3) is 7.10. The molecule has 1 saturated carbocycles. The first-order valence-corrected chi connectivity index (χ1v) is 12.6. The van der Waals surface area contributed by atoms with Crippen LogP contribution in [0.4, 0.5) is 8.78 Å².